The molecule has 1 N–H and O–H groups in total. The van der Waals surface area contributed by atoms with Crippen LogP contribution in [0.2, 0.25) is 10.0 Å². The SMILES string of the molecule is O=C1NS(=O)(=O)N2CCN(C(=O)CCc3c(Cl)cccc3Cl)CC12. The molecule has 10 heteroatoms. The van der Waals surface area contributed by atoms with Crippen LogP contribution in [0.4, 0.5) is 0 Å². The molecule has 7 nitrogen and oxygen atoms in total. The number of rotatable bonds is 3. The smallest absolute Gasteiger partial charge is 0.304 e. The van der Waals surface area contributed by atoms with E-state index in [9.17, 15) is 18.0 Å². The standard InChI is InChI=1S/C14H15Cl2N3O4S/c15-10-2-1-3-11(16)9(10)4-5-13(20)18-6-7-19-12(8-18)14(21)17-24(19,22)23/h1-3,12H,4-8H2,(H,17,21). The number of hydrogen-bond acceptors (Lipinski definition) is 4. The van der Waals surface area contributed by atoms with E-state index in [1.165, 1.54) is 4.90 Å². The van der Waals surface area contributed by atoms with Gasteiger partial charge in [-0.3, -0.25) is 9.59 Å². The van der Waals surface area contributed by atoms with Crippen LogP contribution in [-0.2, 0) is 26.2 Å². The van der Waals surface area contributed by atoms with E-state index in [0.717, 1.165) is 4.31 Å². The Hall–Kier alpha value is -1.35. The summed E-state index contributed by atoms with van der Waals surface area (Å²) in [5.41, 5.74) is 0.703. The zero-order chi connectivity index (χ0) is 17.5. The van der Waals surface area contributed by atoms with Gasteiger partial charge >= 0.3 is 10.2 Å². The van der Waals surface area contributed by atoms with E-state index in [0.29, 0.717) is 22.0 Å². The molecule has 0 saturated carbocycles. The number of nitrogens with one attached hydrogen (secondary N) is 1. The summed E-state index contributed by atoms with van der Waals surface area (Å²) in [6, 6.07) is 4.30. The number of hydrogen-bond donors (Lipinski definition) is 1. The second-order valence-corrected chi connectivity index (χ2v) is 8.08. The minimum atomic E-state index is -3.75. The van der Waals surface area contributed by atoms with Gasteiger partial charge in [-0.05, 0) is 24.1 Å². The number of benzene rings is 1. The third-order valence-corrected chi connectivity index (χ3v) is 6.40. The summed E-state index contributed by atoms with van der Waals surface area (Å²) in [6.45, 7) is 0.407. The highest BCUT2D eigenvalue weighted by Crippen LogP contribution is 2.26. The second kappa shape index (κ2) is 6.51. The molecule has 2 saturated heterocycles. The fraction of sp³-hybridized carbons (Fsp3) is 0.429. The van der Waals surface area contributed by atoms with Crippen LogP contribution in [0.15, 0.2) is 18.2 Å². The summed E-state index contributed by atoms with van der Waals surface area (Å²) in [6.07, 6.45) is 0.567. The van der Waals surface area contributed by atoms with Gasteiger partial charge in [0.05, 0.1) is 0 Å². The molecule has 1 aromatic carbocycles. The predicted molar refractivity (Wildman–Crippen MR) is 88.9 cm³/mol. The second-order valence-electron chi connectivity index (χ2n) is 5.64. The molecule has 2 aliphatic rings. The average Bonchev–Trinajstić information content (AvgIpc) is 2.75. The van der Waals surface area contributed by atoms with Crippen LogP contribution < -0.4 is 4.72 Å². The van der Waals surface area contributed by atoms with E-state index >= 15 is 0 Å². The van der Waals surface area contributed by atoms with Crippen molar-refractivity contribution in [1.82, 2.24) is 13.9 Å². The maximum atomic E-state index is 12.4. The van der Waals surface area contributed by atoms with Crippen LogP contribution in [-0.4, -0.2) is 55.1 Å². The highest BCUT2D eigenvalue weighted by molar-refractivity contribution is 7.88. The lowest BCUT2D eigenvalue weighted by molar-refractivity contribution is -0.134. The van der Waals surface area contributed by atoms with Crippen molar-refractivity contribution in [2.24, 2.45) is 0 Å². The third kappa shape index (κ3) is 3.23. The van der Waals surface area contributed by atoms with Gasteiger partial charge in [-0.1, -0.05) is 29.3 Å². The van der Waals surface area contributed by atoms with Crippen molar-refractivity contribution in [2.45, 2.75) is 18.9 Å². The van der Waals surface area contributed by atoms with Crippen LogP contribution in [0.25, 0.3) is 0 Å². The van der Waals surface area contributed by atoms with Crippen LogP contribution in [0, 0.1) is 0 Å². The van der Waals surface area contributed by atoms with E-state index in [4.69, 9.17) is 23.2 Å². The lowest BCUT2D eigenvalue weighted by Gasteiger charge is -2.34. The van der Waals surface area contributed by atoms with Gasteiger partial charge in [0.15, 0.2) is 0 Å². The molecule has 1 unspecified atom stereocenters. The number of fused-ring (bicyclic) bond motifs is 1. The molecule has 0 aliphatic carbocycles. The summed E-state index contributed by atoms with van der Waals surface area (Å²) in [5.74, 6) is -0.760. The maximum Gasteiger partial charge on any atom is 0.304 e. The Morgan fingerprint density at radius 2 is 1.92 bits per heavy atom. The largest absolute Gasteiger partial charge is 0.339 e. The first-order chi connectivity index (χ1) is 11.3. The van der Waals surface area contributed by atoms with E-state index in [2.05, 4.69) is 0 Å². The Balaban J connectivity index is 1.64. The van der Waals surface area contributed by atoms with Crippen LogP contribution in [0.1, 0.15) is 12.0 Å². The first kappa shape index (κ1) is 17.5. The van der Waals surface area contributed by atoms with Gasteiger partial charge in [-0.25, -0.2) is 4.72 Å². The number of halogens is 2. The Morgan fingerprint density at radius 1 is 1.25 bits per heavy atom. The van der Waals surface area contributed by atoms with Gasteiger partial charge in [0, 0.05) is 36.1 Å². The average molecular weight is 392 g/mol. The zero-order valence-electron chi connectivity index (χ0n) is 12.5. The number of carbonyl (C=O) groups excluding carboxylic acids is 2. The zero-order valence-corrected chi connectivity index (χ0v) is 14.9. The molecule has 0 spiro atoms. The molecule has 0 aromatic heterocycles. The Bertz CT molecular complexity index is 779. The molecule has 0 bridgehead atoms. The predicted octanol–water partition coefficient (Wildman–Crippen LogP) is 0.813. The highest BCUT2D eigenvalue weighted by atomic mass is 35.5. The Labute approximate surface area is 149 Å². The molecule has 24 heavy (non-hydrogen) atoms. The van der Waals surface area contributed by atoms with Gasteiger partial charge < -0.3 is 4.90 Å². The van der Waals surface area contributed by atoms with E-state index in [1.807, 2.05) is 4.72 Å². The molecule has 3 rings (SSSR count). The summed E-state index contributed by atoms with van der Waals surface area (Å²) in [4.78, 5) is 25.7. The van der Waals surface area contributed by atoms with Gasteiger partial charge in [0.1, 0.15) is 6.04 Å². The molecule has 2 amide bonds. The van der Waals surface area contributed by atoms with Crippen LogP contribution >= 0.6 is 23.2 Å². The third-order valence-electron chi connectivity index (χ3n) is 4.18. The van der Waals surface area contributed by atoms with Gasteiger partial charge in [0.25, 0.3) is 5.91 Å². The van der Waals surface area contributed by atoms with E-state index in [1.54, 1.807) is 18.2 Å². The first-order valence-corrected chi connectivity index (χ1v) is 9.53. The summed E-state index contributed by atoms with van der Waals surface area (Å²) >= 11 is 12.2. The van der Waals surface area contributed by atoms with Crippen molar-refractivity contribution >= 4 is 45.2 Å². The van der Waals surface area contributed by atoms with Crippen molar-refractivity contribution in [3.8, 4) is 0 Å². The Morgan fingerprint density at radius 3 is 2.58 bits per heavy atom. The van der Waals surface area contributed by atoms with Gasteiger partial charge in [0.2, 0.25) is 5.91 Å². The lowest BCUT2D eigenvalue weighted by atomic mass is 10.1. The summed E-state index contributed by atoms with van der Waals surface area (Å²) in [5, 5.41) is 1.00. The number of amides is 2. The molecule has 0 radical (unpaired) electrons. The highest BCUT2D eigenvalue weighted by Gasteiger charge is 2.47. The van der Waals surface area contributed by atoms with E-state index < -0.39 is 22.2 Å². The number of piperazine rings is 1. The summed E-state index contributed by atoms with van der Waals surface area (Å²) in [7, 11) is -3.75. The molecule has 2 heterocycles. The minimum absolute atomic E-state index is 0.0557. The summed E-state index contributed by atoms with van der Waals surface area (Å²) < 4.78 is 26.5. The van der Waals surface area contributed by atoms with Crippen molar-refractivity contribution in [2.75, 3.05) is 19.6 Å². The maximum absolute atomic E-state index is 12.4. The number of carbonyl (C=O) groups is 2. The molecule has 130 valence electrons. The molecule has 1 atom stereocenters. The van der Waals surface area contributed by atoms with Crippen molar-refractivity contribution in [1.29, 1.82) is 0 Å². The van der Waals surface area contributed by atoms with Crippen LogP contribution in [0.5, 0.6) is 0 Å². The Kier molecular flexibility index (Phi) is 4.74. The minimum Gasteiger partial charge on any atom is -0.339 e. The molecular formula is C14H15Cl2N3O4S. The first-order valence-electron chi connectivity index (χ1n) is 7.33. The fourth-order valence-corrected chi connectivity index (χ4v) is 4.82. The van der Waals surface area contributed by atoms with Crippen LogP contribution in [0.3, 0.4) is 0 Å². The molecule has 2 aliphatic heterocycles. The monoisotopic (exact) mass is 391 g/mol. The molecule has 2 fully saturated rings. The van der Waals surface area contributed by atoms with Crippen molar-refractivity contribution in [3.63, 3.8) is 0 Å². The molecular weight excluding hydrogens is 377 g/mol. The van der Waals surface area contributed by atoms with Crippen molar-refractivity contribution < 1.29 is 18.0 Å². The van der Waals surface area contributed by atoms with Crippen molar-refractivity contribution in [3.05, 3.63) is 33.8 Å². The quantitative estimate of drug-likeness (QED) is 0.825. The normalized spacial score (nSPS) is 23.0. The molecule has 1 aromatic rings. The topological polar surface area (TPSA) is 86.8 Å². The lowest BCUT2D eigenvalue weighted by Crippen LogP contribution is -2.54. The number of nitrogens with zero attached hydrogens (tertiary/aromatic N) is 2. The van der Waals surface area contributed by atoms with Gasteiger partial charge in [-0.15, -0.1) is 0 Å². The fourth-order valence-electron chi connectivity index (χ4n) is 2.91. The van der Waals surface area contributed by atoms with E-state index in [-0.39, 0.29) is 32.0 Å². The van der Waals surface area contributed by atoms with Gasteiger partial charge in [-0.2, -0.15) is 12.7 Å².